The molecule has 1 amide bonds. The maximum atomic E-state index is 12.5. The fourth-order valence-electron chi connectivity index (χ4n) is 3.50. The summed E-state index contributed by atoms with van der Waals surface area (Å²) in [6.45, 7) is 1.97. The van der Waals surface area contributed by atoms with Gasteiger partial charge in [-0.25, -0.2) is 4.68 Å². The Morgan fingerprint density at radius 3 is 2.61 bits per heavy atom. The Bertz CT molecular complexity index is 1020. The Labute approximate surface area is 167 Å². The molecule has 28 heavy (non-hydrogen) atoms. The van der Waals surface area contributed by atoms with Crippen LogP contribution in [-0.2, 0) is 4.79 Å². The average Bonchev–Trinajstić information content (AvgIpc) is 2.93. The molecule has 3 aromatic rings. The van der Waals surface area contributed by atoms with Gasteiger partial charge in [0, 0.05) is 11.1 Å². The first-order valence-electron chi connectivity index (χ1n) is 8.91. The third kappa shape index (κ3) is 3.11. The number of hydrogen-bond donors (Lipinski definition) is 1. The number of carbonyl (C=O) groups excluding carboxylic acids is 1. The zero-order chi connectivity index (χ0) is 19.7. The number of nitrogens with one attached hydrogen (secondary N) is 1. The lowest BCUT2D eigenvalue weighted by atomic mass is 10.0. The van der Waals surface area contributed by atoms with Gasteiger partial charge < -0.3 is 14.8 Å². The van der Waals surface area contributed by atoms with E-state index in [9.17, 15) is 4.79 Å². The number of hydrogen-bond acceptors (Lipinski definition) is 5. The summed E-state index contributed by atoms with van der Waals surface area (Å²) in [6.07, 6.45) is 0. The molecule has 1 aliphatic heterocycles. The summed E-state index contributed by atoms with van der Waals surface area (Å²) in [5, 5.41) is 7.66. The van der Waals surface area contributed by atoms with Gasteiger partial charge in [-0.2, -0.15) is 5.10 Å². The molecule has 6 nitrogen and oxygen atoms in total. The molecule has 2 heterocycles. The van der Waals surface area contributed by atoms with Crippen molar-refractivity contribution in [2.24, 2.45) is 0 Å². The summed E-state index contributed by atoms with van der Waals surface area (Å²) in [5.41, 5.74) is 3.70. The molecule has 0 radical (unpaired) electrons. The number of methoxy groups -OCH3 is 2. The highest BCUT2D eigenvalue weighted by Crippen LogP contribution is 2.48. The largest absolute Gasteiger partial charge is 0.493 e. The number of thioether (sulfide) groups is 1. The van der Waals surface area contributed by atoms with Crippen molar-refractivity contribution in [2.45, 2.75) is 12.2 Å². The summed E-state index contributed by atoms with van der Waals surface area (Å²) in [7, 11) is 3.25. The van der Waals surface area contributed by atoms with Gasteiger partial charge in [-0.3, -0.25) is 4.79 Å². The molecule has 1 aliphatic rings. The number of aryl methyl sites for hydroxylation is 1. The Kier molecular flexibility index (Phi) is 5.00. The van der Waals surface area contributed by atoms with E-state index in [2.05, 4.69) is 5.32 Å². The van der Waals surface area contributed by atoms with Crippen molar-refractivity contribution >= 4 is 23.5 Å². The number of nitrogens with zero attached hydrogens (tertiary/aromatic N) is 2. The quantitative estimate of drug-likeness (QED) is 0.724. The summed E-state index contributed by atoms with van der Waals surface area (Å²) in [4.78, 5) is 12.5. The first kappa shape index (κ1) is 18.4. The minimum absolute atomic E-state index is 0.0484. The minimum Gasteiger partial charge on any atom is -0.493 e. The second-order valence-electron chi connectivity index (χ2n) is 6.42. The van der Waals surface area contributed by atoms with E-state index in [1.165, 1.54) is 0 Å². The van der Waals surface area contributed by atoms with Crippen LogP contribution in [0.4, 0.5) is 5.82 Å². The molecule has 144 valence electrons. The number of fused-ring (bicyclic) bond motifs is 1. The Morgan fingerprint density at radius 1 is 1.11 bits per heavy atom. The van der Waals surface area contributed by atoms with E-state index >= 15 is 0 Å². The van der Waals surface area contributed by atoms with E-state index in [0.717, 1.165) is 22.5 Å². The number of amides is 1. The van der Waals surface area contributed by atoms with E-state index in [4.69, 9.17) is 14.6 Å². The monoisotopic (exact) mass is 395 g/mol. The zero-order valence-corrected chi connectivity index (χ0v) is 16.7. The van der Waals surface area contributed by atoms with E-state index in [-0.39, 0.29) is 11.2 Å². The Balaban J connectivity index is 1.92. The molecular formula is C21H21N3O3S. The highest BCUT2D eigenvalue weighted by atomic mass is 32.2. The highest BCUT2D eigenvalue weighted by Gasteiger charge is 2.32. The molecule has 2 aromatic carbocycles. The van der Waals surface area contributed by atoms with Gasteiger partial charge in [0.1, 0.15) is 5.82 Å². The fraction of sp³-hybridized carbons (Fsp3) is 0.238. The highest BCUT2D eigenvalue weighted by molar-refractivity contribution is 8.00. The smallest absolute Gasteiger partial charge is 0.235 e. The number of anilines is 1. The predicted octanol–water partition coefficient (Wildman–Crippen LogP) is 3.97. The maximum absolute atomic E-state index is 12.5. The van der Waals surface area contributed by atoms with Gasteiger partial charge >= 0.3 is 0 Å². The summed E-state index contributed by atoms with van der Waals surface area (Å²) in [5.74, 6) is 2.34. The number of aromatic nitrogens is 2. The van der Waals surface area contributed by atoms with Crippen LogP contribution < -0.4 is 14.8 Å². The standard InChI is InChI=1S/C21H21N3O3S/c1-13-18-20(15-10-7-11-16(26-2)19(15)27-3)28-12-17(25)22-21(18)24(23-13)14-8-5-4-6-9-14/h4-11,20H,12H2,1-3H3,(H,22,25)/t20-/m0/s1. The summed E-state index contributed by atoms with van der Waals surface area (Å²) >= 11 is 1.56. The third-order valence-corrected chi connectivity index (χ3v) is 5.98. The number of benzene rings is 2. The van der Waals surface area contributed by atoms with Gasteiger partial charge in [-0.15, -0.1) is 11.8 Å². The zero-order valence-electron chi connectivity index (χ0n) is 15.9. The number of rotatable bonds is 4. The topological polar surface area (TPSA) is 65.4 Å². The van der Waals surface area contributed by atoms with Gasteiger partial charge in [0.15, 0.2) is 11.5 Å². The van der Waals surface area contributed by atoms with Crippen LogP contribution in [-0.4, -0.2) is 35.7 Å². The van der Waals surface area contributed by atoms with Gasteiger partial charge in [-0.05, 0) is 25.1 Å². The molecule has 0 saturated carbocycles. The van der Waals surface area contributed by atoms with Crippen molar-refractivity contribution in [2.75, 3.05) is 25.3 Å². The van der Waals surface area contributed by atoms with E-state index in [0.29, 0.717) is 23.1 Å². The first-order chi connectivity index (χ1) is 13.6. The Hall–Kier alpha value is -2.93. The van der Waals surface area contributed by atoms with Crippen molar-refractivity contribution in [3.63, 3.8) is 0 Å². The maximum Gasteiger partial charge on any atom is 0.235 e. The van der Waals surface area contributed by atoms with Crippen molar-refractivity contribution in [1.82, 2.24) is 9.78 Å². The van der Waals surface area contributed by atoms with Crippen LogP contribution in [0.2, 0.25) is 0 Å². The molecule has 1 aromatic heterocycles. The lowest BCUT2D eigenvalue weighted by Gasteiger charge is -2.20. The molecule has 0 unspecified atom stereocenters. The van der Waals surface area contributed by atoms with Gasteiger partial charge in [0.05, 0.1) is 36.6 Å². The Morgan fingerprint density at radius 2 is 1.89 bits per heavy atom. The van der Waals surface area contributed by atoms with Crippen LogP contribution in [0.15, 0.2) is 48.5 Å². The van der Waals surface area contributed by atoms with E-state index < -0.39 is 0 Å². The van der Waals surface area contributed by atoms with Crippen molar-refractivity contribution < 1.29 is 14.3 Å². The van der Waals surface area contributed by atoms with Crippen LogP contribution in [0.5, 0.6) is 11.5 Å². The number of ether oxygens (including phenoxy) is 2. The molecule has 0 fully saturated rings. The lowest BCUT2D eigenvalue weighted by molar-refractivity contribution is -0.113. The third-order valence-electron chi connectivity index (χ3n) is 4.72. The summed E-state index contributed by atoms with van der Waals surface area (Å²) in [6, 6.07) is 15.6. The van der Waals surface area contributed by atoms with E-state index in [1.54, 1.807) is 30.7 Å². The second kappa shape index (κ2) is 7.59. The minimum atomic E-state index is -0.114. The SMILES string of the molecule is COc1cccc([C@@H]2SCC(=O)Nc3c2c(C)nn3-c2ccccc2)c1OC. The number of para-hydroxylation sites is 2. The van der Waals surface area contributed by atoms with Gasteiger partial charge in [-0.1, -0.05) is 30.3 Å². The second-order valence-corrected chi connectivity index (χ2v) is 7.51. The van der Waals surface area contributed by atoms with Crippen LogP contribution >= 0.6 is 11.8 Å². The van der Waals surface area contributed by atoms with Crippen LogP contribution in [0.3, 0.4) is 0 Å². The number of carbonyl (C=O) groups is 1. The molecule has 4 rings (SSSR count). The van der Waals surface area contributed by atoms with Crippen molar-refractivity contribution in [1.29, 1.82) is 0 Å². The van der Waals surface area contributed by atoms with Gasteiger partial charge in [0.2, 0.25) is 5.91 Å². The average molecular weight is 395 g/mol. The van der Waals surface area contributed by atoms with Crippen LogP contribution in [0, 0.1) is 6.92 Å². The molecule has 0 spiro atoms. The molecule has 0 aliphatic carbocycles. The molecule has 7 heteroatoms. The van der Waals surface area contributed by atoms with Gasteiger partial charge in [0.25, 0.3) is 0 Å². The molecular weight excluding hydrogens is 374 g/mol. The lowest BCUT2D eigenvalue weighted by Crippen LogP contribution is -2.15. The molecule has 1 N–H and O–H groups in total. The predicted molar refractivity (Wildman–Crippen MR) is 111 cm³/mol. The molecule has 0 bridgehead atoms. The molecule has 0 saturated heterocycles. The van der Waals surface area contributed by atoms with E-state index in [1.807, 2.05) is 55.5 Å². The summed E-state index contributed by atoms with van der Waals surface area (Å²) < 4.78 is 12.9. The first-order valence-corrected chi connectivity index (χ1v) is 9.96. The molecule has 1 atom stereocenters. The van der Waals surface area contributed by atoms with Crippen molar-refractivity contribution in [3.05, 3.63) is 65.4 Å². The van der Waals surface area contributed by atoms with Crippen LogP contribution in [0.25, 0.3) is 5.69 Å². The van der Waals surface area contributed by atoms with Crippen molar-refractivity contribution in [3.8, 4) is 17.2 Å². The fourth-order valence-corrected chi connectivity index (χ4v) is 4.71. The van der Waals surface area contributed by atoms with Crippen LogP contribution in [0.1, 0.15) is 22.1 Å². The normalized spacial score (nSPS) is 16.1.